The molecule has 2 aromatic rings. The van der Waals surface area contributed by atoms with E-state index in [9.17, 15) is 0 Å². The van der Waals surface area contributed by atoms with E-state index in [4.69, 9.17) is 11.6 Å². The van der Waals surface area contributed by atoms with Gasteiger partial charge < -0.3 is 0 Å². The van der Waals surface area contributed by atoms with Crippen molar-refractivity contribution in [3.05, 3.63) is 8.84 Å². The van der Waals surface area contributed by atoms with Crippen LogP contribution in [0.3, 0.4) is 0 Å². The maximum absolute atomic E-state index is 5.67. The van der Waals surface area contributed by atoms with Crippen LogP contribution in [0.4, 0.5) is 0 Å². The molecule has 0 fully saturated rings. The molecule has 1 radical (unpaired) electrons. The van der Waals surface area contributed by atoms with Crippen LogP contribution in [0.15, 0.2) is 0 Å². The molecular weight excluding hydrogens is 436 g/mol. The minimum absolute atomic E-state index is 0.175. The Morgan fingerprint density at radius 2 is 2.46 bits per heavy atom. The van der Waals surface area contributed by atoms with Gasteiger partial charge in [0.05, 0.1) is 0 Å². The minimum atomic E-state index is -0.175. The second-order valence-corrected chi connectivity index (χ2v) is 8.51. The number of aromatic nitrogens is 4. The summed E-state index contributed by atoms with van der Waals surface area (Å²) in [5.41, 5.74) is 0. The summed E-state index contributed by atoms with van der Waals surface area (Å²) in [7, 11) is 0. The molecule has 0 spiro atoms. The van der Waals surface area contributed by atoms with Crippen LogP contribution < -0.4 is 21.0 Å². The molecular formula is C4H2BClI2N4S-. The molecule has 4 nitrogen and oxygen atoms in total. The molecule has 9 heteroatoms. The number of hydrogen-bond donors (Lipinski definition) is 0. The van der Waals surface area contributed by atoms with E-state index in [2.05, 4.69) is 40.7 Å². The van der Waals surface area contributed by atoms with E-state index in [1.807, 2.05) is 0 Å². The Labute approximate surface area is 108 Å². The van der Waals surface area contributed by atoms with Crippen LogP contribution in [0.25, 0.3) is 4.96 Å². The first kappa shape index (κ1) is 10.4. The Hall–Kier alpha value is 0.845. The van der Waals surface area contributed by atoms with Crippen LogP contribution in [0, 0.1) is 3.83 Å². The maximum atomic E-state index is 5.67. The summed E-state index contributed by atoms with van der Waals surface area (Å²) in [5.74, 6) is 0.444. The molecule has 0 atom stereocenters. The van der Waals surface area contributed by atoms with Gasteiger partial charge in [0.1, 0.15) is 0 Å². The third kappa shape index (κ3) is 2.10. The average Bonchev–Trinajstić information content (AvgIpc) is 2.67. The number of hydrogen-bond acceptors (Lipinski definition) is 4. The molecule has 69 valence electrons. The SMILES string of the molecule is ClCc1nn2c([I-][B]I)nnc2s1. The van der Waals surface area contributed by atoms with Crippen molar-refractivity contribution in [1.82, 2.24) is 19.8 Å². The molecule has 0 aromatic carbocycles. The van der Waals surface area contributed by atoms with Gasteiger partial charge in [-0.1, -0.05) is 0 Å². The van der Waals surface area contributed by atoms with E-state index >= 15 is 0 Å². The van der Waals surface area contributed by atoms with E-state index < -0.39 is 0 Å². The molecule has 0 amide bonds. The van der Waals surface area contributed by atoms with E-state index in [0.717, 1.165) is 13.8 Å². The van der Waals surface area contributed by atoms with Crippen LogP contribution in [-0.2, 0) is 5.88 Å². The zero-order valence-electron chi connectivity index (χ0n) is 6.12. The van der Waals surface area contributed by atoms with E-state index in [1.165, 1.54) is 11.3 Å². The summed E-state index contributed by atoms with van der Waals surface area (Å²) >= 11 is 9.22. The molecule has 2 rings (SSSR count). The van der Waals surface area contributed by atoms with Crippen molar-refractivity contribution in [2.45, 2.75) is 5.88 Å². The number of halogens is 3. The van der Waals surface area contributed by atoms with Crippen molar-refractivity contribution in [3.63, 3.8) is 0 Å². The van der Waals surface area contributed by atoms with Crippen LogP contribution in [0.1, 0.15) is 5.01 Å². The summed E-state index contributed by atoms with van der Waals surface area (Å²) in [5, 5.41) is 13.3. The third-order valence-electron chi connectivity index (χ3n) is 1.25. The van der Waals surface area contributed by atoms with Gasteiger partial charge in [-0.15, -0.1) is 0 Å². The van der Waals surface area contributed by atoms with Crippen molar-refractivity contribution >= 4 is 53.3 Å². The van der Waals surface area contributed by atoms with Crippen LogP contribution in [0.5, 0.6) is 0 Å². The van der Waals surface area contributed by atoms with Gasteiger partial charge in [-0.05, 0) is 0 Å². The fraction of sp³-hybridized carbons (Fsp3) is 0.250. The molecule has 2 aromatic heterocycles. The van der Waals surface area contributed by atoms with Gasteiger partial charge >= 0.3 is 109 Å². The first-order valence-corrected chi connectivity index (χ1v) is 8.09. The van der Waals surface area contributed by atoms with Gasteiger partial charge in [-0.25, -0.2) is 0 Å². The summed E-state index contributed by atoms with van der Waals surface area (Å²) < 4.78 is 4.87. The molecule has 0 aliphatic rings. The molecule has 0 bridgehead atoms. The Morgan fingerprint density at radius 1 is 1.62 bits per heavy atom. The van der Waals surface area contributed by atoms with Gasteiger partial charge in [-0.3, -0.25) is 0 Å². The van der Waals surface area contributed by atoms with Gasteiger partial charge in [0.15, 0.2) is 0 Å². The summed E-state index contributed by atoms with van der Waals surface area (Å²) in [6.07, 6.45) is 0. The fourth-order valence-electron chi connectivity index (χ4n) is 0.792. The number of fused-ring (bicyclic) bond motifs is 1. The zero-order chi connectivity index (χ0) is 9.26. The molecule has 0 aliphatic carbocycles. The predicted octanol–water partition coefficient (Wildman–Crippen LogP) is -1.85. The molecule has 0 saturated heterocycles. The Bertz CT molecular complexity index is 417. The molecule has 0 saturated carbocycles. The standard InChI is InChI=1S/C4H2BClI2N4S/c6-1-2-11-12-3(8-5-7)9-10-4(12)13-2/h1H2/q-1. The third-order valence-corrected chi connectivity index (χ3v) is 5.60. The van der Waals surface area contributed by atoms with Gasteiger partial charge in [-0.2, -0.15) is 0 Å². The zero-order valence-corrected chi connectivity index (χ0v) is 12.0. The van der Waals surface area contributed by atoms with Crippen molar-refractivity contribution < 1.29 is 21.0 Å². The normalized spacial score (nSPS) is 11.2. The van der Waals surface area contributed by atoms with E-state index in [1.54, 1.807) is 4.52 Å². The van der Waals surface area contributed by atoms with Gasteiger partial charge in [0, 0.05) is 0 Å². The van der Waals surface area contributed by atoms with Gasteiger partial charge in [0.2, 0.25) is 0 Å². The summed E-state index contributed by atoms with van der Waals surface area (Å²) in [6, 6.07) is 0. The summed E-state index contributed by atoms with van der Waals surface area (Å²) in [4.78, 5) is 0.837. The monoisotopic (exact) mass is 438 g/mol. The Morgan fingerprint density at radius 3 is 3.15 bits per heavy atom. The topological polar surface area (TPSA) is 43.1 Å². The van der Waals surface area contributed by atoms with Crippen molar-refractivity contribution in [2.24, 2.45) is 0 Å². The Kier molecular flexibility index (Phi) is 3.65. The van der Waals surface area contributed by atoms with E-state index in [-0.39, 0.29) is 21.0 Å². The Balaban J connectivity index is 2.46. The van der Waals surface area contributed by atoms with E-state index in [0.29, 0.717) is 5.88 Å². The molecule has 0 N–H and O–H groups in total. The second-order valence-electron chi connectivity index (χ2n) is 1.98. The van der Waals surface area contributed by atoms with Crippen molar-refractivity contribution in [1.29, 1.82) is 0 Å². The molecule has 0 unspecified atom stereocenters. The van der Waals surface area contributed by atoms with Gasteiger partial charge in [0.25, 0.3) is 0 Å². The van der Waals surface area contributed by atoms with Crippen molar-refractivity contribution in [2.75, 3.05) is 0 Å². The van der Waals surface area contributed by atoms with Crippen LogP contribution in [0.2, 0.25) is 0 Å². The quantitative estimate of drug-likeness (QED) is 0.321. The summed E-state index contributed by atoms with van der Waals surface area (Å²) in [6.45, 7) is 0. The first-order valence-electron chi connectivity index (χ1n) is 3.17. The van der Waals surface area contributed by atoms with Crippen LogP contribution >= 0.6 is 45.3 Å². The molecule has 0 aliphatic heterocycles. The fourth-order valence-corrected chi connectivity index (χ4v) is 4.31. The second kappa shape index (κ2) is 4.58. The number of rotatable bonds is 3. The average molecular weight is 438 g/mol. The first-order chi connectivity index (χ1) is 6.35. The van der Waals surface area contributed by atoms with Crippen molar-refractivity contribution in [3.8, 4) is 0 Å². The predicted molar refractivity (Wildman–Crippen MR) is 56.7 cm³/mol. The molecule has 13 heavy (non-hydrogen) atoms. The number of alkyl halides is 1. The van der Waals surface area contributed by atoms with Crippen LogP contribution in [-0.4, -0.2) is 22.8 Å². The molecule has 2 heterocycles. The number of nitrogens with zero attached hydrogens (tertiary/aromatic N) is 4.